The van der Waals surface area contributed by atoms with Gasteiger partial charge in [-0.25, -0.2) is 9.98 Å². The van der Waals surface area contributed by atoms with Gasteiger partial charge in [0.15, 0.2) is 5.54 Å². The van der Waals surface area contributed by atoms with Crippen LogP contribution >= 0.6 is 0 Å². The van der Waals surface area contributed by atoms with Crippen molar-refractivity contribution in [3.05, 3.63) is 47.9 Å². The first-order valence-corrected chi connectivity index (χ1v) is 5.42. The summed E-state index contributed by atoms with van der Waals surface area (Å²) in [7, 11) is 0. The first-order valence-electron chi connectivity index (χ1n) is 5.42. The van der Waals surface area contributed by atoms with Gasteiger partial charge in [-0.3, -0.25) is 9.98 Å². The zero-order valence-electron chi connectivity index (χ0n) is 8.91. The van der Waals surface area contributed by atoms with Crippen molar-refractivity contribution >= 4 is 23.8 Å². The van der Waals surface area contributed by atoms with Crippen molar-refractivity contribution in [3.8, 4) is 0 Å². The molecule has 0 saturated carbocycles. The summed E-state index contributed by atoms with van der Waals surface area (Å²) in [4.78, 5) is 17.6. The third-order valence-corrected chi connectivity index (χ3v) is 3.21. The minimum absolute atomic E-state index is 0.532. The predicted molar refractivity (Wildman–Crippen MR) is 67.6 cm³/mol. The van der Waals surface area contributed by atoms with E-state index in [9.17, 15) is 0 Å². The van der Waals surface area contributed by atoms with Crippen LogP contribution in [-0.4, -0.2) is 28.3 Å². The van der Waals surface area contributed by atoms with E-state index in [4.69, 9.17) is 0 Å². The van der Waals surface area contributed by atoms with Crippen molar-refractivity contribution < 1.29 is 0 Å². The quantitative estimate of drug-likeness (QED) is 0.655. The maximum absolute atomic E-state index is 4.47. The number of aliphatic imine (C=N–C) groups is 3. The van der Waals surface area contributed by atoms with E-state index in [0.717, 1.165) is 22.7 Å². The molecule has 1 aliphatic carbocycles. The summed E-state index contributed by atoms with van der Waals surface area (Å²) in [5.41, 5.74) is 3.22. The van der Waals surface area contributed by atoms with E-state index in [1.165, 1.54) is 0 Å². The Morgan fingerprint density at radius 3 is 3.12 bits per heavy atom. The molecule has 0 saturated heterocycles. The minimum atomic E-state index is -0.532. The molecule has 0 aromatic carbocycles. The Bertz CT molecular complexity index is 664. The molecular formula is C13H8N4. The Morgan fingerprint density at radius 2 is 2.12 bits per heavy atom. The molecule has 1 aromatic heterocycles. The fraction of sp³-hybridized carbons (Fsp3) is 0.0769. The van der Waals surface area contributed by atoms with Crippen LogP contribution in [0.1, 0.15) is 11.3 Å². The molecule has 1 unspecified atom stereocenters. The predicted octanol–water partition coefficient (Wildman–Crippen LogP) is 1.65. The van der Waals surface area contributed by atoms with Crippen LogP contribution in [0.3, 0.4) is 0 Å². The van der Waals surface area contributed by atoms with Crippen LogP contribution in [0.15, 0.2) is 51.7 Å². The Kier molecular flexibility index (Phi) is 1.47. The van der Waals surface area contributed by atoms with Gasteiger partial charge >= 0.3 is 0 Å². The van der Waals surface area contributed by atoms with Crippen molar-refractivity contribution in [2.75, 3.05) is 0 Å². The summed E-state index contributed by atoms with van der Waals surface area (Å²) in [6, 6.07) is 3.95. The number of hydrogen-bond donors (Lipinski definition) is 0. The number of rotatable bonds is 0. The highest BCUT2D eigenvalue weighted by molar-refractivity contribution is 6.33. The third-order valence-electron chi connectivity index (χ3n) is 3.21. The molecule has 0 bridgehead atoms. The van der Waals surface area contributed by atoms with Crippen LogP contribution in [0.2, 0.25) is 0 Å². The molecule has 0 radical (unpaired) electrons. The Hall–Kier alpha value is -2.36. The summed E-state index contributed by atoms with van der Waals surface area (Å²) in [5.74, 6) is 0. The molecule has 4 heteroatoms. The average Bonchev–Trinajstić information content (AvgIpc) is 2.80. The Labute approximate surface area is 97.9 Å². The van der Waals surface area contributed by atoms with E-state index in [-0.39, 0.29) is 0 Å². The Balaban J connectivity index is 2.06. The summed E-state index contributed by atoms with van der Waals surface area (Å²) in [6.07, 6.45) is 11.1. The molecule has 3 heterocycles. The van der Waals surface area contributed by atoms with Crippen LogP contribution in [0.25, 0.3) is 6.08 Å². The summed E-state index contributed by atoms with van der Waals surface area (Å²) in [5, 5.41) is 0. The largest absolute Gasteiger partial charge is 0.256 e. The van der Waals surface area contributed by atoms with Crippen molar-refractivity contribution in [2.24, 2.45) is 15.0 Å². The lowest BCUT2D eigenvalue weighted by atomic mass is 9.80. The van der Waals surface area contributed by atoms with Gasteiger partial charge in [-0.2, -0.15) is 0 Å². The SMILES string of the molecule is C1=CC2=NC=NC23C=Cc2cccnc2C3=N1. The van der Waals surface area contributed by atoms with E-state index in [1.807, 2.05) is 30.4 Å². The van der Waals surface area contributed by atoms with E-state index in [1.54, 1.807) is 18.7 Å². The molecule has 4 rings (SSSR count). The van der Waals surface area contributed by atoms with Gasteiger partial charge in [-0.05, 0) is 18.2 Å². The van der Waals surface area contributed by atoms with Crippen molar-refractivity contribution in [3.63, 3.8) is 0 Å². The Morgan fingerprint density at radius 1 is 1.12 bits per heavy atom. The lowest BCUT2D eigenvalue weighted by molar-refractivity contribution is 0.935. The normalized spacial score (nSPS) is 27.1. The molecule has 80 valence electrons. The van der Waals surface area contributed by atoms with E-state index >= 15 is 0 Å². The molecule has 0 fully saturated rings. The fourth-order valence-electron chi connectivity index (χ4n) is 2.39. The highest BCUT2D eigenvalue weighted by atomic mass is 15.1. The van der Waals surface area contributed by atoms with Gasteiger partial charge in [0.05, 0.1) is 11.4 Å². The first kappa shape index (κ1) is 8.75. The zero-order chi connectivity index (χ0) is 11.3. The summed E-state index contributed by atoms with van der Waals surface area (Å²) < 4.78 is 0. The molecule has 0 N–H and O–H groups in total. The van der Waals surface area contributed by atoms with E-state index in [2.05, 4.69) is 20.0 Å². The van der Waals surface area contributed by atoms with Crippen LogP contribution in [0.5, 0.6) is 0 Å². The number of hydrogen-bond acceptors (Lipinski definition) is 4. The van der Waals surface area contributed by atoms with Gasteiger partial charge in [0, 0.05) is 18.0 Å². The van der Waals surface area contributed by atoms with E-state index in [0.29, 0.717) is 0 Å². The number of fused-ring (bicyclic) bond motifs is 2. The van der Waals surface area contributed by atoms with Crippen molar-refractivity contribution in [2.45, 2.75) is 5.54 Å². The number of pyridine rings is 1. The molecule has 1 aromatic rings. The van der Waals surface area contributed by atoms with Crippen LogP contribution in [0.4, 0.5) is 0 Å². The second-order valence-electron chi connectivity index (χ2n) is 4.09. The zero-order valence-corrected chi connectivity index (χ0v) is 8.91. The molecular weight excluding hydrogens is 212 g/mol. The number of nitrogens with zero attached hydrogens (tertiary/aromatic N) is 4. The highest BCUT2D eigenvalue weighted by Gasteiger charge is 2.44. The van der Waals surface area contributed by atoms with Gasteiger partial charge in [-0.1, -0.05) is 12.1 Å². The van der Waals surface area contributed by atoms with Gasteiger partial charge in [0.1, 0.15) is 12.1 Å². The third kappa shape index (κ3) is 0.970. The lowest BCUT2D eigenvalue weighted by Crippen LogP contribution is -2.44. The monoisotopic (exact) mass is 220 g/mol. The fourth-order valence-corrected chi connectivity index (χ4v) is 2.39. The molecule has 1 atom stereocenters. The molecule has 1 spiro atoms. The molecule has 17 heavy (non-hydrogen) atoms. The number of aromatic nitrogens is 1. The second-order valence-corrected chi connectivity index (χ2v) is 4.09. The summed E-state index contributed by atoms with van der Waals surface area (Å²) in [6.45, 7) is 0. The maximum Gasteiger partial charge on any atom is 0.167 e. The van der Waals surface area contributed by atoms with Gasteiger partial charge in [0.2, 0.25) is 0 Å². The van der Waals surface area contributed by atoms with Crippen LogP contribution < -0.4 is 0 Å². The highest BCUT2D eigenvalue weighted by Crippen LogP contribution is 2.34. The second kappa shape index (κ2) is 2.85. The van der Waals surface area contributed by atoms with Crippen LogP contribution in [0, 0.1) is 0 Å². The topological polar surface area (TPSA) is 50.0 Å². The molecule has 0 amide bonds. The van der Waals surface area contributed by atoms with Gasteiger partial charge < -0.3 is 0 Å². The molecule has 2 aliphatic heterocycles. The van der Waals surface area contributed by atoms with E-state index < -0.39 is 5.54 Å². The van der Waals surface area contributed by atoms with Crippen molar-refractivity contribution in [1.29, 1.82) is 0 Å². The van der Waals surface area contributed by atoms with Gasteiger partial charge in [0.25, 0.3) is 0 Å². The molecule has 3 aliphatic rings. The van der Waals surface area contributed by atoms with Gasteiger partial charge in [-0.15, -0.1) is 0 Å². The summed E-state index contributed by atoms with van der Waals surface area (Å²) >= 11 is 0. The first-order chi connectivity index (χ1) is 8.40. The van der Waals surface area contributed by atoms with Crippen LogP contribution in [-0.2, 0) is 0 Å². The maximum atomic E-state index is 4.47. The average molecular weight is 220 g/mol. The standard InChI is InChI=1S/C13H8N4/c1-2-9-3-5-13-10(16-8-17-13)4-7-15-12(13)11(9)14-6-1/h1-8H. The lowest BCUT2D eigenvalue weighted by Gasteiger charge is -2.30. The van der Waals surface area contributed by atoms with Crippen molar-refractivity contribution in [1.82, 2.24) is 4.98 Å². The minimum Gasteiger partial charge on any atom is -0.256 e. The molecule has 4 nitrogen and oxygen atoms in total. The smallest absolute Gasteiger partial charge is 0.167 e.